The van der Waals surface area contributed by atoms with Gasteiger partial charge in [0.15, 0.2) is 0 Å². The fourth-order valence-electron chi connectivity index (χ4n) is 0.696. The first kappa shape index (κ1) is 7.27. The number of rotatable bonds is 1. The molecule has 0 unspecified atom stereocenters. The average molecular weight is 160 g/mol. The van der Waals surface area contributed by atoms with Gasteiger partial charge in [0.05, 0.1) is 6.54 Å². The maximum absolute atomic E-state index is 10.4. The van der Waals surface area contributed by atoms with Gasteiger partial charge in [0.2, 0.25) is 5.11 Å². The van der Waals surface area contributed by atoms with E-state index in [2.05, 4.69) is 5.32 Å². The summed E-state index contributed by atoms with van der Waals surface area (Å²) in [4.78, 5) is 15.1. The molecule has 0 aliphatic carbocycles. The van der Waals surface area contributed by atoms with Crippen LogP contribution in [0.5, 0.6) is 0 Å². The maximum Gasteiger partial charge on any atom is 0.329 e. The van der Waals surface area contributed by atoms with Crippen molar-refractivity contribution >= 4 is 23.3 Å². The molecule has 1 aliphatic rings. The maximum atomic E-state index is 10.4. The lowest BCUT2D eigenvalue weighted by Gasteiger charge is -2.12. The Hall–Kier alpha value is -0.840. The second-order valence-electron chi connectivity index (χ2n) is 1.92. The van der Waals surface area contributed by atoms with Crippen LogP contribution in [0.1, 0.15) is 6.92 Å². The van der Waals surface area contributed by atoms with E-state index in [0.29, 0.717) is 11.7 Å². The van der Waals surface area contributed by atoms with Gasteiger partial charge in [-0.2, -0.15) is 5.06 Å². The summed E-state index contributed by atoms with van der Waals surface area (Å²) >= 11 is 4.80. The number of nitrogens with one attached hydrogen (secondary N) is 1. The van der Waals surface area contributed by atoms with Gasteiger partial charge < -0.3 is 10.2 Å². The molecule has 56 valence electrons. The van der Waals surface area contributed by atoms with E-state index in [-0.39, 0.29) is 5.97 Å². The molecule has 10 heavy (non-hydrogen) atoms. The Balaban J connectivity index is 2.40. The van der Waals surface area contributed by atoms with Crippen molar-refractivity contribution in [2.75, 3.05) is 13.1 Å². The minimum atomic E-state index is -0.342. The van der Waals surface area contributed by atoms with Crippen molar-refractivity contribution in [1.82, 2.24) is 10.4 Å². The van der Waals surface area contributed by atoms with E-state index in [1.807, 2.05) is 0 Å². The van der Waals surface area contributed by atoms with Crippen LogP contribution in [-0.4, -0.2) is 29.2 Å². The van der Waals surface area contributed by atoms with Crippen molar-refractivity contribution < 1.29 is 9.63 Å². The molecule has 1 fully saturated rings. The van der Waals surface area contributed by atoms with Crippen molar-refractivity contribution in [3.05, 3.63) is 0 Å². The first-order valence-electron chi connectivity index (χ1n) is 2.94. The average Bonchev–Trinajstić information content (AvgIpc) is 2.15. The summed E-state index contributed by atoms with van der Waals surface area (Å²) in [6, 6.07) is 0. The second kappa shape index (κ2) is 2.83. The summed E-state index contributed by atoms with van der Waals surface area (Å²) in [7, 11) is 0. The molecule has 0 amide bonds. The Morgan fingerprint density at radius 1 is 1.90 bits per heavy atom. The van der Waals surface area contributed by atoms with Crippen molar-refractivity contribution in [2.45, 2.75) is 6.92 Å². The lowest BCUT2D eigenvalue weighted by molar-refractivity contribution is -0.167. The summed E-state index contributed by atoms with van der Waals surface area (Å²) in [5, 5.41) is 4.71. The minimum absolute atomic E-state index is 0.342. The molecule has 0 atom stereocenters. The lowest BCUT2D eigenvalue weighted by atomic mass is 10.7. The van der Waals surface area contributed by atoms with Gasteiger partial charge in [-0.25, -0.2) is 0 Å². The molecule has 0 aromatic rings. The van der Waals surface area contributed by atoms with Crippen molar-refractivity contribution in [2.24, 2.45) is 0 Å². The summed E-state index contributed by atoms with van der Waals surface area (Å²) in [6.45, 7) is 2.73. The van der Waals surface area contributed by atoms with Crippen LogP contribution in [0.15, 0.2) is 0 Å². The molecule has 0 spiro atoms. The van der Waals surface area contributed by atoms with Gasteiger partial charge in [0, 0.05) is 13.5 Å². The number of thiocarbonyl (C=S) groups is 1. The highest BCUT2D eigenvalue weighted by Gasteiger charge is 2.18. The fraction of sp³-hybridized carbons (Fsp3) is 0.600. The van der Waals surface area contributed by atoms with Crippen LogP contribution in [0.3, 0.4) is 0 Å². The quantitative estimate of drug-likeness (QED) is 0.531. The number of carbonyl (C=O) groups excluding carboxylic acids is 1. The van der Waals surface area contributed by atoms with Gasteiger partial charge in [0.1, 0.15) is 0 Å². The molecule has 0 radical (unpaired) electrons. The van der Waals surface area contributed by atoms with Crippen LogP contribution in [0, 0.1) is 0 Å². The zero-order chi connectivity index (χ0) is 7.56. The van der Waals surface area contributed by atoms with E-state index in [4.69, 9.17) is 17.1 Å². The topological polar surface area (TPSA) is 41.6 Å². The first-order chi connectivity index (χ1) is 4.70. The Labute approximate surface area is 64.1 Å². The smallest absolute Gasteiger partial charge is 0.329 e. The van der Waals surface area contributed by atoms with Gasteiger partial charge in [-0.15, -0.1) is 0 Å². The zero-order valence-electron chi connectivity index (χ0n) is 5.59. The molecule has 4 nitrogen and oxygen atoms in total. The van der Waals surface area contributed by atoms with E-state index >= 15 is 0 Å². The molecule has 1 rings (SSSR count). The van der Waals surface area contributed by atoms with E-state index in [1.54, 1.807) is 0 Å². The van der Waals surface area contributed by atoms with Gasteiger partial charge in [-0.05, 0) is 12.2 Å². The van der Waals surface area contributed by atoms with E-state index < -0.39 is 0 Å². The number of carbonyl (C=O) groups is 1. The van der Waals surface area contributed by atoms with Crippen molar-refractivity contribution in [3.63, 3.8) is 0 Å². The number of hydroxylamine groups is 2. The SMILES string of the molecule is CC(=O)ON1CCNC1=S. The Morgan fingerprint density at radius 2 is 2.60 bits per heavy atom. The summed E-state index contributed by atoms with van der Waals surface area (Å²) in [5.74, 6) is -0.342. The first-order valence-corrected chi connectivity index (χ1v) is 3.35. The van der Waals surface area contributed by atoms with Crippen LogP contribution >= 0.6 is 12.2 Å². The molecule has 0 saturated carbocycles. The standard InChI is InChI=1S/C5H8N2O2S/c1-4(8)9-7-3-2-6-5(7)10/h2-3H2,1H3,(H,6,10). The van der Waals surface area contributed by atoms with Gasteiger partial charge in [-0.1, -0.05) is 0 Å². The molecule has 0 bridgehead atoms. The third-order valence-electron chi connectivity index (χ3n) is 1.06. The summed E-state index contributed by atoms with van der Waals surface area (Å²) in [6.07, 6.45) is 0. The molecule has 0 aromatic carbocycles. The van der Waals surface area contributed by atoms with Crippen molar-refractivity contribution in [1.29, 1.82) is 0 Å². The highest BCUT2D eigenvalue weighted by Crippen LogP contribution is 1.97. The van der Waals surface area contributed by atoms with Gasteiger partial charge in [0.25, 0.3) is 0 Å². The van der Waals surface area contributed by atoms with E-state index in [1.165, 1.54) is 12.0 Å². The minimum Gasteiger partial charge on any atom is -0.358 e. The molecule has 0 aromatic heterocycles. The highest BCUT2D eigenvalue weighted by molar-refractivity contribution is 7.80. The third-order valence-corrected chi connectivity index (χ3v) is 1.40. The molecule has 1 aliphatic heterocycles. The van der Waals surface area contributed by atoms with E-state index in [9.17, 15) is 4.79 Å². The predicted molar refractivity (Wildman–Crippen MR) is 39.1 cm³/mol. The molecule has 5 heteroatoms. The summed E-state index contributed by atoms with van der Waals surface area (Å²) < 4.78 is 0. The van der Waals surface area contributed by atoms with Crippen LogP contribution < -0.4 is 5.32 Å². The molecule has 1 saturated heterocycles. The monoisotopic (exact) mass is 160 g/mol. The van der Waals surface area contributed by atoms with E-state index in [0.717, 1.165) is 6.54 Å². The molecular weight excluding hydrogens is 152 g/mol. The Kier molecular flexibility index (Phi) is 2.06. The lowest BCUT2D eigenvalue weighted by Crippen LogP contribution is -2.29. The largest absolute Gasteiger partial charge is 0.358 e. The third kappa shape index (κ3) is 1.57. The highest BCUT2D eigenvalue weighted by atomic mass is 32.1. The van der Waals surface area contributed by atoms with Gasteiger partial charge in [-0.3, -0.25) is 4.79 Å². The number of hydrogen-bond acceptors (Lipinski definition) is 3. The van der Waals surface area contributed by atoms with Crippen LogP contribution in [0.4, 0.5) is 0 Å². The Bertz CT molecular complexity index is 171. The molecule has 1 heterocycles. The van der Waals surface area contributed by atoms with Crippen LogP contribution in [0.2, 0.25) is 0 Å². The van der Waals surface area contributed by atoms with Gasteiger partial charge >= 0.3 is 5.97 Å². The molecular formula is C5H8N2O2S. The number of hydrogen-bond donors (Lipinski definition) is 1. The van der Waals surface area contributed by atoms with Crippen molar-refractivity contribution in [3.8, 4) is 0 Å². The molecule has 1 N–H and O–H groups in total. The second-order valence-corrected chi connectivity index (χ2v) is 2.30. The summed E-state index contributed by atoms with van der Waals surface area (Å²) in [5.41, 5.74) is 0. The fourth-order valence-corrected chi connectivity index (χ4v) is 0.927. The predicted octanol–water partition coefficient (Wildman–Crippen LogP) is -0.345. The Morgan fingerprint density at radius 3 is 3.00 bits per heavy atom. The normalized spacial score (nSPS) is 16.9. The number of nitrogens with zero attached hydrogens (tertiary/aromatic N) is 1. The van der Waals surface area contributed by atoms with Crippen LogP contribution in [-0.2, 0) is 9.63 Å². The zero-order valence-corrected chi connectivity index (χ0v) is 6.40. The van der Waals surface area contributed by atoms with Crippen LogP contribution in [0.25, 0.3) is 0 Å².